The summed E-state index contributed by atoms with van der Waals surface area (Å²) in [5.41, 5.74) is 10.2. The molecular weight excluding hydrogens is 717 g/mol. The maximum Gasteiger partial charge on any atom is 0.238 e. The standard InChI is InChI=1S/C51H30N4OS/c1-3-12-32(13-4-1)36-18-11-20-44-48(36)39-27-26-35(28-45(39)56-44)31-22-24-34(25-23-31)50-52-49(33-14-5-2-6-15-33)53-51(54-50)55-42-19-9-7-16-37(42)40-29-41-38-17-8-10-21-46(38)57-47(41)30-43(40)55/h1-30H. The second-order valence-corrected chi connectivity index (χ2v) is 15.5. The zero-order chi connectivity index (χ0) is 37.5. The molecule has 57 heavy (non-hydrogen) atoms. The average molecular weight is 747 g/mol. The average Bonchev–Trinajstić information content (AvgIpc) is 3.95. The van der Waals surface area contributed by atoms with Gasteiger partial charge in [-0.2, -0.15) is 9.97 Å². The summed E-state index contributed by atoms with van der Waals surface area (Å²) in [7, 11) is 0. The molecule has 0 bridgehead atoms. The Labute approximate surface area is 330 Å². The third kappa shape index (κ3) is 5.12. The minimum absolute atomic E-state index is 0.583. The van der Waals surface area contributed by atoms with Gasteiger partial charge in [0.2, 0.25) is 5.95 Å². The van der Waals surface area contributed by atoms with E-state index >= 15 is 0 Å². The molecular formula is C51H30N4OS. The van der Waals surface area contributed by atoms with E-state index in [-0.39, 0.29) is 0 Å². The van der Waals surface area contributed by atoms with Crippen LogP contribution in [0.3, 0.4) is 0 Å². The highest BCUT2D eigenvalue weighted by molar-refractivity contribution is 7.25. The van der Waals surface area contributed by atoms with E-state index in [1.165, 1.54) is 36.7 Å². The Hall–Kier alpha value is -7.41. The van der Waals surface area contributed by atoms with Gasteiger partial charge in [-0.1, -0.05) is 140 Å². The fourth-order valence-corrected chi connectivity index (χ4v) is 9.51. The first-order chi connectivity index (χ1) is 28.2. The maximum absolute atomic E-state index is 6.44. The first kappa shape index (κ1) is 31.9. The van der Waals surface area contributed by atoms with Crippen LogP contribution >= 0.6 is 11.3 Å². The third-order valence-electron chi connectivity index (χ3n) is 11.1. The van der Waals surface area contributed by atoms with Gasteiger partial charge in [0.05, 0.1) is 11.0 Å². The van der Waals surface area contributed by atoms with E-state index < -0.39 is 0 Å². The molecule has 0 amide bonds. The van der Waals surface area contributed by atoms with Crippen LogP contribution in [0.4, 0.5) is 0 Å². The van der Waals surface area contributed by atoms with Gasteiger partial charge in [0.15, 0.2) is 11.6 Å². The van der Waals surface area contributed by atoms with Crippen molar-refractivity contribution in [3.63, 3.8) is 0 Å². The van der Waals surface area contributed by atoms with Gasteiger partial charge in [-0.15, -0.1) is 11.3 Å². The lowest BCUT2D eigenvalue weighted by Crippen LogP contribution is -2.06. The number of para-hydroxylation sites is 1. The summed E-state index contributed by atoms with van der Waals surface area (Å²) in [6.45, 7) is 0. The molecule has 4 aromatic heterocycles. The Morgan fingerprint density at radius 2 is 1.05 bits per heavy atom. The number of nitrogens with zero attached hydrogens (tertiary/aromatic N) is 4. The van der Waals surface area contributed by atoms with Gasteiger partial charge in [0, 0.05) is 52.8 Å². The Balaban J connectivity index is 0.991. The van der Waals surface area contributed by atoms with Crippen molar-refractivity contribution < 1.29 is 4.42 Å². The van der Waals surface area contributed by atoms with E-state index in [0.29, 0.717) is 17.6 Å². The lowest BCUT2D eigenvalue weighted by Gasteiger charge is -2.11. The van der Waals surface area contributed by atoms with Crippen molar-refractivity contribution >= 4 is 75.3 Å². The van der Waals surface area contributed by atoms with Crippen molar-refractivity contribution in [3.05, 3.63) is 182 Å². The molecule has 0 radical (unpaired) electrons. The van der Waals surface area contributed by atoms with Crippen LogP contribution in [-0.2, 0) is 0 Å². The summed E-state index contributed by atoms with van der Waals surface area (Å²) in [5.74, 6) is 1.82. The lowest BCUT2D eigenvalue weighted by atomic mass is 9.98. The van der Waals surface area contributed by atoms with Gasteiger partial charge >= 0.3 is 0 Å². The summed E-state index contributed by atoms with van der Waals surface area (Å²) in [6.07, 6.45) is 0. The topological polar surface area (TPSA) is 56.7 Å². The molecule has 0 saturated heterocycles. The smallest absolute Gasteiger partial charge is 0.238 e. The third-order valence-corrected chi connectivity index (χ3v) is 12.2. The number of fused-ring (bicyclic) bond motifs is 9. The van der Waals surface area contributed by atoms with E-state index in [0.717, 1.165) is 60.6 Å². The molecule has 0 fully saturated rings. The summed E-state index contributed by atoms with van der Waals surface area (Å²) in [6, 6.07) is 63.7. The van der Waals surface area contributed by atoms with Crippen LogP contribution in [0.25, 0.3) is 115 Å². The molecule has 0 aliphatic carbocycles. The molecule has 266 valence electrons. The van der Waals surface area contributed by atoms with E-state index in [1.807, 2.05) is 41.7 Å². The molecule has 12 rings (SSSR count). The van der Waals surface area contributed by atoms with E-state index in [1.54, 1.807) is 0 Å². The van der Waals surface area contributed by atoms with Crippen molar-refractivity contribution in [2.75, 3.05) is 0 Å². The molecule has 8 aromatic carbocycles. The molecule has 0 aliphatic heterocycles. The number of hydrogen-bond donors (Lipinski definition) is 0. The molecule has 4 heterocycles. The number of hydrogen-bond acceptors (Lipinski definition) is 5. The Morgan fingerprint density at radius 1 is 0.386 bits per heavy atom. The minimum atomic E-state index is 0.583. The van der Waals surface area contributed by atoms with E-state index in [4.69, 9.17) is 19.4 Å². The summed E-state index contributed by atoms with van der Waals surface area (Å²) < 4.78 is 11.2. The summed E-state index contributed by atoms with van der Waals surface area (Å²) in [5, 5.41) is 7.12. The molecule has 6 heteroatoms. The molecule has 0 atom stereocenters. The number of furan rings is 1. The van der Waals surface area contributed by atoms with Crippen molar-refractivity contribution in [2.45, 2.75) is 0 Å². The van der Waals surface area contributed by atoms with Crippen molar-refractivity contribution in [3.8, 4) is 51.0 Å². The van der Waals surface area contributed by atoms with Crippen LogP contribution in [0.2, 0.25) is 0 Å². The highest BCUT2D eigenvalue weighted by atomic mass is 32.1. The number of rotatable bonds is 5. The maximum atomic E-state index is 6.44. The van der Waals surface area contributed by atoms with Gasteiger partial charge in [0.1, 0.15) is 11.2 Å². The summed E-state index contributed by atoms with van der Waals surface area (Å²) in [4.78, 5) is 15.5. The Kier molecular flexibility index (Phi) is 7.03. The van der Waals surface area contributed by atoms with Crippen LogP contribution in [0, 0.1) is 0 Å². The van der Waals surface area contributed by atoms with E-state index in [9.17, 15) is 0 Å². The second-order valence-electron chi connectivity index (χ2n) is 14.4. The van der Waals surface area contributed by atoms with Gasteiger partial charge in [-0.3, -0.25) is 4.57 Å². The van der Waals surface area contributed by atoms with Gasteiger partial charge in [-0.25, -0.2) is 4.98 Å². The number of thiophene rings is 1. The number of aromatic nitrogens is 4. The van der Waals surface area contributed by atoms with Crippen LogP contribution < -0.4 is 0 Å². The van der Waals surface area contributed by atoms with Crippen LogP contribution in [-0.4, -0.2) is 19.5 Å². The molecule has 5 nitrogen and oxygen atoms in total. The molecule has 0 saturated carbocycles. The molecule has 12 aromatic rings. The predicted octanol–water partition coefficient (Wildman–Crippen LogP) is 13.9. The fraction of sp³-hybridized carbons (Fsp3) is 0. The van der Waals surface area contributed by atoms with Gasteiger partial charge in [-0.05, 0) is 64.7 Å². The zero-order valence-electron chi connectivity index (χ0n) is 30.4. The molecule has 0 spiro atoms. The fourth-order valence-electron chi connectivity index (χ4n) is 8.39. The lowest BCUT2D eigenvalue weighted by molar-refractivity contribution is 0.669. The van der Waals surface area contributed by atoms with Crippen molar-refractivity contribution in [1.29, 1.82) is 0 Å². The molecule has 0 aliphatic rings. The largest absolute Gasteiger partial charge is 0.456 e. The first-order valence-corrected chi connectivity index (χ1v) is 19.8. The second kappa shape index (κ2) is 12.6. The predicted molar refractivity (Wildman–Crippen MR) is 236 cm³/mol. The molecule has 0 unspecified atom stereocenters. The SMILES string of the molecule is c1ccc(-c2nc(-c3ccc(-c4ccc5c(c4)oc4cccc(-c6ccccc6)c45)cc3)nc(-n3c4ccccc4c4cc5c(cc43)sc3ccccc35)n2)cc1. The van der Waals surface area contributed by atoms with Crippen LogP contribution in [0.1, 0.15) is 0 Å². The van der Waals surface area contributed by atoms with Crippen molar-refractivity contribution in [2.24, 2.45) is 0 Å². The Morgan fingerprint density at radius 3 is 1.86 bits per heavy atom. The van der Waals surface area contributed by atoms with Gasteiger partial charge in [0.25, 0.3) is 0 Å². The van der Waals surface area contributed by atoms with Gasteiger partial charge < -0.3 is 4.42 Å². The molecule has 0 N–H and O–H groups in total. The summed E-state index contributed by atoms with van der Waals surface area (Å²) >= 11 is 1.82. The van der Waals surface area contributed by atoms with E-state index in [2.05, 4.69) is 156 Å². The normalized spacial score (nSPS) is 11.9. The quantitative estimate of drug-likeness (QED) is 0.176. The minimum Gasteiger partial charge on any atom is -0.456 e. The van der Waals surface area contributed by atoms with Crippen molar-refractivity contribution in [1.82, 2.24) is 19.5 Å². The first-order valence-electron chi connectivity index (χ1n) is 19.0. The Bertz CT molecular complexity index is 3510. The monoisotopic (exact) mass is 746 g/mol. The number of benzene rings is 8. The van der Waals surface area contributed by atoms with Crippen LogP contribution in [0.5, 0.6) is 0 Å². The highest BCUT2D eigenvalue weighted by Crippen LogP contribution is 2.41. The van der Waals surface area contributed by atoms with Crippen LogP contribution in [0.15, 0.2) is 186 Å². The highest BCUT2D eigenvalue weighted by Gasteiger charge is 2.20. The zero-order valence-corrected chi connectivity index (χ0v) is 31.2.